The molecule has 0 radical (unpaired) electrons. The molecule has 0 aliphatic heterocycles. The molecule has 8 heteroatoms. The van der Waals surface area contributed by atoms with Crippen LogP contribution in [0.5, 0.6) is 0 Å². The van der Waals surface area contributed by atoms with Crippen molar-refractivity contribution in [2.75, 3.05) is 0 Å². The quantitative estimate of drug-likeness (QED) is 0.749. The van der Waals surface area contributed by atoms with E-state index >= 15 is 0 Å². The summed E-state index contributed by atoms with van der Waals surface area (Å²) in [6, 6.07) is 7.55. The highest BCUT2D eigenvalue weighted by molar-refractivity contribution is 9.10. The molecule has 0 aliphatic carbocycles. The maximum Gasteiger partial charge on any atom is 0.242 e. The second kappa shape index (κ2) is 6.27. The van der Waals surface area contributed by atoms with Crippen molar-refractivity contribution in [3.63, 3.8) is 0 Å². The lowest BCUT2D eigenvalue weighted by atomic mass is 10.3. The number of para-hydroxylation sites is 1. The number of carbonyl (C=O) groups is 1. The Hall–Kier alpha value is -2.22. The van der Waals surface area contributed by atoms with Crippen LogP contribution in [0.25, 0.3) is 11.0 Å². The van der Waals surface area contributed by atoms with Crippen LogP contribution in [-0.4, -0.2) is 30.7 Å². The molecule has 3 aromatic rings. The topological polar surface area (TPSA) is 77.6 Å². The molecule has 0 spiro atoms. The summed E-state index contributed by atoms with van der Waals surface area (Å²) in [6.07, 6.45) is 1.90. The van der Waals surface area contributed by atoms with Crippen molar-refractivity contribution in [1.29, 1.82) is 0 Å². The number of fused-ring (bicyclic) bond motifs is 1. The molecule has 0 unspecified atom stereocenters. The van der Waals surface area contributed by atoms with E-state index in [9.17, 15) is 4.79 Å². The van der Waals surface area contributed by atoms with E-state index in [4.69, 9.17) is 0 Å². The third kappa shape index (κ3) is 3.01. The summed E-state index contributed by atoms with van der Waals surface area (Å²) in [5, 5.41) is 15.2. The van der Waals surface area contributed by atoms with E-state index in [1.54, 1.807) is 4.68 Å². The smallest absolute Gasteiger partial charge is 0.242 e. The predicted molar refractivity (Wildman–Crippen MR) is 85.0 cm³/mol. The van der Waals surface area contributed by atoms with Crippen molar-refractivity contribution in [3.8, 4) is 0 Å². The first-order valence-electron chi connectivity index (χ1n) is 6.94. The highest BCUT2D eigenvalue weighted by Crippen LogP contribution is 2.14. The molecule has 1 aromatic carbocycles. The number of amides is 1. The molecule has 0 saturated carbocycles. The zero-order chi connectivity index (χ0) is 15.5. The number of hydrogen-bond acceptors (Lipinski definition) is 4. The number of halogens is 1. The fourth-order valence-corrected chi connectivity index (χ4v) is 2.58. The number of aromatic nitrogens is 5. The summed E-state index contributed by atoms with van der Waals surface area (Å²) in [4.78, 5) is 12.1. The van der Waals surface area contributed by atoms with Gasteiger partial charge in [-0.1, -0.05) is 17.3 Å². The Balaban J connectivity index is 1.64. The van der Waals surface area contributed by atoms with E-state index in [1.807, 2.05) is 42.1 Å². The van der Waals surface area contributed by atoms with Gasteiger partial charge >= 0.3 is 0 Å². The van der Waals surface area contributed by atoms with Crippen LogP contribution in [0.15, 0.2) is 34.9 Å². The minimum Gasteiger partial charge on any atom is -0.349 e. The summed E-state index contributed by atoms with van der Waals surface area (Å²) in [5.41, 5.74) is 2.42. The molecule has 2 heterocycles. The van der Waals surface area contributed by atoms with Crippen molar-refractivity contribution in [3.05, 3.63) is 40.6 Å². The van der Waals surface area contributed by atoms with E-state index in [2.05, 4.69) is 36.7 Å². The lowest BCUT2D eigenvalue weighted by Gasteiger charge is -2.04. The van der Waals surface area contributed by atoms with Crippen LogP contribution >= 0.6 is 15.9 Å². The number of benzene rings is 1. The molecule has 0 aliphatic rings. The van der Waals surface area contributed by atoms with Gasteiger partial charge in [-0.15, -0.1) is 5.10 Å². The van der Waals surface area contributed by atoms with Crippen molar-refractivity contribution in [2.24, 2.45) is 0 Å². The van der Waals surface area contributed by atoms with E-state index in [0.717, 1.165) is 27.7 Å². The van der Waals surface area contributed by atoms with Crippen LogP contribution in [0.1, 0.15) is 12.6 Å². The lowest BCUT2D eigenvalue weighted by molar-refractivity contribution is -0.122. The lowest BCUT2D eigenvalue weighted by Crippen LogP contribution is -2.27. The second-order valence-electron chi connectivity index (χ2n) is 4.79. The van der Waals surface area contributed by atoms with Crippen molar-refractivity contribution in [2.45, 2.75) is 26.6 Å². The summed E-state index contributed by atoms with van der Waals surface area (Å²) >= 11 is 3.44. The minimum atomic E-state index is -0.131. The average molecular weight is 363 g/mol. The first-order valence-corrected chi connectivity index (χ1v) is 7.73. The highest BCUT2D eigenvalue weighted by atomic mass is 79.9. The molecule has 0 atom stereocenters. The standard InChI is InChI=1S/C14H15BrN6O/c1-2-20-8-10(15)12(18-20)7-16-14(22)9-21-13-6-4-3-5-11(13)17-19-21/h3-6,8H,2,7,9H2,1H3,(H,16,22). The van der Waals surface area contributed by atoms with Crippen LogP contribution in [0.4, 0.5) is 0 Å². The van der Waals surface area contributed by atoms with Gasteiger partial charge in [-0.3, -0.25) is 9.48 Å². The van der Waals surface area contributed by atoms with Gasteiger partial charge in [0.25, 0.3) is 0 Å². The van der Waals surface area contributed by atoms with E-state index in [-0.39, 0.29) is 12.5 Å². The van der Waals surface area contributed by atoms with Crippen LogP contribution in [0.2, 0.25) is 0 Å². The zero-order valence-corrected chi connectivity index (χ0v) is 13.6. The molecule has 0 bridgehead atoms. The maximum absolute atomic E-state index is 12.1. The van der Waals surface area contributed by atoms with Crippen LogP contribution in [-0.2, 0) is 24.4 Å². The SMILES string of the molecule is CCn1cc(Br)c(CNC(=O)Cn2nnc3ccccc32)n1. The molecule has 1 N–H and O–H groups in total. The molecule has 1 amide bonds. The van der Waals surface area contributed by atoms with Gasteiger partial charge in [0.2, 0.25) is 5.91 Å². The molecule has 114 valence electrons. The Morgan fingerprint density at radius 2 is 2.18 bits per heavy atom. The van der Waals surface area contributed by atoms with Gasteiger partial charge in [0.1, 0.15) is 12.1 Å². The predicted octanol–water partition coefficient (Wildman–Crippen LogP) is 1.73. The van der Waals surface area contributed by atoms with Crippen molar-refractivity contribution in [1.82, 2.24) is 30.1 Å². The molecule has 3 rings (SSSR count). The number of rotatable bonds is 5. The van der Waals surface area contributed by atoms with Crippen LogP contribution in [0.3, 0.4) is 0 Å². The third-order valence-corrected chi connectivity index (χ3v) is 3.94. The third-order valence-electron chi connectivity index (χ3n) is 3.28. The van der Waals surface area contributed by atoms with Gasteiger partial charge in [0.15, 0.2) is 0 Å². The van der Waals surface area contributed by atoms with Gasteiger partial charge in [0, 0.05) is 12.7 Å². The second-order valence-corrected chi connectivity index (χ2v) is 5.65. The Morgan fingerprint density at radius 1 is 1.36 bits per heavy atom. The summed E-state index contributed by atoms with van der Waals surface area (Å²) in [5.74, 6) is -0.131. The van der Waals surface area contributed by atoms with Gasteiger partial charge in [-0.05, 0) is 35.0 Å². The number of aryl methyl sites for hydroxylation is 1. The number of nitrogens with zero attached hydrogens (tertiary/aromatic N) is 5. The highest BCUT2D eigenvalue weighted by Gasteiger charge is 2.10. The Morgan fingerprint density at radius 3 is 2.95 bits per heavy atom. The van der Waals surface area contributed by atoms with Crippen LogP contribution in [0, 0.1) is 0 Å². The van der Waals surface area contributed by atoms with Crippen molar-refractivity contribution >= 4 is 32.9 Å². The Bertz CT molecular complexity index is 809. The number of carbonyl (C=O) groups excluding carboxylic acids is 1. The molecule has 7 nitrogen and oxygen atoms in total. The van der Waals surface area contributed by atoms with Crippen LogP contribution < -0.4 is 5.32 Å². The molecular weight excluding hydrogens is 348 g/mol. The largest absolute Gasteiger partial charge is 0.349 e. The number of nitrogens with one attached hydrogen (secondary N) is 1. The minimum absolute atomic E-state index is 0.131. The van der Waals surface area contributed by atoms with E-state index in [0.29, 0.717) is 6.54 Å². The van der Waals surface area contributed by atoms with E-state index in [1.165, 1.54) is 0 Å². The van der Waals surface area contributed by atoms with Gasteiger partial charge in [-0.2, -0.15) is 5.10 Å². The molecular formula is C14H15BrN6O. The molecule has 0 fully saturated rings. The average Bonchev–Trinajstić information content (AvgIpc) is 3.09. The van der Waals surface area contributed by atoms with Crippen molar-refractivity contribution < 1.29 is 4.79 Å². The van der Waals surface area contributed by atoms with Gasteiger partial charge in [0.05, 0.1) is 22.2 Å². The summed E-state index contributed by atoms with van der Waals surface area (Å²) in [7, 11) is 0. The fourth-order valence-electron chi connectivity index (χ4n) is 2.13. The monoisotopic (exact) mass is 362 g/mol. The molecule has 22 heavy (non-hydrogen) atoms. The fraction of sp³-hybridized carbons (Fsp3) is 0.286. The zero-order valence-electron chi connectivity index (χ0n) is 12.0. The maximum atomic E-state index is 12.1. The molecule has 2 aromatic heterocycles. The summed E-state index contributed by atoms with van der Waals surface area (Å²) in [6.45, 7) is 3.31. The Kier molecular flexibility index (Phi) is 4.19. The summed E-state index contributed by atoms with van der Waals surface area (Å²) < 4.78 is 4.29. The Labute approximate surface area is 135 Å². The normalized spacial score (nSPS) is 11.0. The van der Waals surface area contributed by atoms with E-state index < -0.39 is 0 Å². The number of hydrogen-bond donors (Lipinski definition) is 1. The van der Waals surface area contributed by atoms with Gasteiger partial charge in [-0.25, -0.2) is 4.68 Å². The first kappa shape index (κ1) is 14.7. The van der Waals surface area contributed by atoms with Gasteiger partial charge < -0.3 is 5.32 Å². The first-order chi connectivity index (χ1) is 10.7. The molecule has 0 saturated heterocycles.